The Morgan fingerprint density at radius 2 is 1.48 bits per heavy atom. The molecule has 0 amide bonds. The lowest BCUT2D eigenvalue weighted by Gasteiger charge is -2.04. The number of carboxylic acids is 1. The minimum Gasteiger partial charge on any atom is -0.478 e. The van der Waals surface area contributed by atoms with Crippen LogP contribution in [0.1, 0.15) is 34.6 Å². The smallest absolute Gasteiger partial charge is 0.357 e. The average molecular weight is 488 g/mol. The third-order valence-electron chi connectivity index (χ3n) is 2.32. The fraction of sp³-hybridized carbons (Fsp3) is 0.250. The number of carbonyl (C=O) groups excluding carboxylic acids is 1. The zero-order valence-electron chi connectivity index (χ0n) is 15.1. The monoisotopic (exact) mass is 486 g/mol. The van der Waals surface area contributed by atoms with E-state index in [1.807, 2.05) is 0 Å². The third kappa shape index (κ3) is 15.6. The molecule has 2 aromatic heterocycles. The summed E-state index contributed by atoms with van der Waals surface area (Å²) in [6.07, 6.45) is 5.86. The third-order valence-corrected chi connectivity index (χ3v) is 3.34. The van der Waals surface area contributed by atoms with Crippen LogP contribution in [0.3, 0.4) is 0 Å². The summed E-state index contributed by atoms with van der Waals surface area (Å²) >= 11 is 10.5. The number of alkyl halides is 2. The summed E-state index contributed by atoms with van der Waals surface area (Å²) in [6, 6.07) is 6.36. The van der Waals surface area contributed by atoms with Gasteiger partial charge in [0.15, 0.2) is 5.56 Å². The maximum atomic E-state index is 11.1. The van der Waals surface area contributed by atoms with Gasteiger partial charge in [0.1, 0.15) is 5.56 Å². The highest BCUT2D eigenvalue weighted by atomic mass is 35.7. The standard InChI is InChI=1S/C8H8ClNO2.C6H5NO2.C2H4Cl2O3S/c1-6(9)12-8(11)7-3-2-4-10-5-7;8-6(9)5-2-1-3-7-4-5;1-2(3)7-8(4,5)6/h2-6H,1H3;1-4H,(H,8,9);2H,1H3. The molecule has 0 fully saturated rings. The number of halogens is 3. The Labute approximate surface area is 182 Å². The number of aromatic carboxylic acids is 1. The summed E-state index contributed by atoms with van der Waals surface area (Å²) in [4.78, 5) is 28.7. The fourth-order valence-electron chi connectivity index (χ4n) is 1.35. The Morgan fingerprint density at radius 1 is 1.00 bits per heavy atom. The van der Waals surface area contributed by atoms with Crippen LogP contribution in [-0.2, 0) is 18.3 Å². The molecule has 2 rings (SSSR count). The number of carboxylic acid groups (broad SMARTS) is 1. The second-order valence-corrected chi connectivity index (χ2v) is 8.11. The summed E-state index contributed by atoms with van der Waals surface area (Å²) in [5.41, 5.74) is -0.891. The van der Waals surface area contributed by atoms with Gasteiger partial charge in [-0.3, -0.25) is 9.97 Å². The van der Waals surface area contributed by atoms with Gasteiger partial charge in [-0.05, 0) is 38.1 Å². The normalized spacial score (nSPS) is 12.2. The van der Waals surface area contributed by atoms with Gasteiger partial charge in [-0.1, -0.05) is 23.2 Å². The molecule has 0 aliphatic heterocycles. The molecule has 0 radical (unpaired) electrons. The highest BCUT2D eigenvalue weighted by Gasteiger charge is 2.09. The summed E-state index contributed by atoms with van der Waals surface area (Å²) in [7, 11) is 0.711. The van der Waals surface area contributed by atoms with Gasteiger partial charge in [-0.15, -0.1) is 0 Å². The predicted octanol–water partition coefficient (Wildman–Crippen LogP) is 3.67. The number of rotatable bonds is 5. The quantitative estimate of drug-likeness (QED) is 0.381. The molecule has 2 atom stereocenters. The topological polar surface area (TPSA) is 133 Å². The van der Waals surface area contributed by atoms with E-state index in [2.05, 4.69) is 24.8 Å². The summed E-state index contributed by atoms with van der Waals surface area (Å²) in [5.74, 6) is -1.39. The number of carbonyl (C=O) groups is 2. The van der Waals surface area contributed by atoms with Crippen molar-refractivity contribution in [1.82, 2.24) is 9.97 Å². The zero-order valence-corrected chi connectivity index (χ0v) is 18.2. The van der Waals surface area contributed by atoms with E-state index in [0.717, 1.165) is 0 Å². The number of ether oxygens (including phenoxy) is 1. The molecule has 0 aliphatic carbocycles. The van der Waals surface area contributed by atoms with Crippen LogP contribution in [0.15, 0.2) is 49.1 Å². The fourth-order valence-corrected chi connectivity index (χ4v) is 2.47. The van der Waals surface area contributed by atoms with Crippen molar-refractivity contribution in [2.24, 2.45) is 0 Å². The van der Waals surface area contributed by atoms with Crippen LogP contribution in [0.2, 0.25) is 0 Å². The van der Waals surface area contributed by atoms with E-state index >= 15 is 0 Å². The number of nitrogens with zero attached hydrogens (tertiary/aromatic N) is 2. The number of aromatic nitrogens is 2. The molecule has 2 heterocycles. The molecule has 0 bridgehead atoms. The number of hydrogen-bond acceptors (Lipinski definition) is 8. The first-order chi connectivity index (χ1) is 13.4. The van der Waals surface area contributed by atoms with Crippen molar-refractivity contribution in [2.45, 2.75) is 25.0 Å². The van der Waals surface area contributed by atoms with Gasteiger partial charge < -0.3 is 9.84 Å². The molecule has 0 aliphatic rings. The highest BCUT2D eigenvalue weighted by molar-refractivity contribution is 8.10. The van der Waals surface area contributed by atoms with Gasteiger partial charge in [0, 0.05) is 35.5 Å². The van der Waals surface area contributed by atoms with E-state index in [-0.39, 0.29) is 5.56 Å². The van der Waals surface area contributed by atoms with Crippen LogP contribution in [0, 0.1) is 0 Å². The van der Waals surface area contributed by atoms with E-state index < -0.39 is 32.4 Å². The van der Waals surface area contributed by atoms with E-state index in [4.69, 9.17) is 33.0 Å². The predicted molar refractivity (Wildman–Crippen MR) is 107 cm³/mol. The number of pyridine rings is 2. The minimum absolute atomic E-state index is 0.220. The Balaban J connectivity index is 0.000000417. The summed E-state index contributed by atoms with van der Waals surface area (Å²) in [6.45, 7) is 2.93. The van der Waals surface area contributed by atoms with Crippen LogP contribution in [0.5, 0.6) is 0 Å². The van der Waals surface area contributed by atoms with E-state index in [1.165, 1.54) is 31.6 Å². The maximum absolute atomic E-state index is 11.1. The zero-order chi connectivity index (χ0) is 22.4. The molecule has 9 nitrogen and oxygen atoms in total. The molecular weight excluding hydrogens is 471 g/mol. The highest BCUT2D eigenvalue weighted by Crippen LogP contribution is 2.06. The van der Waals surface area contributed by atoms with Crippen molar-refractivity contribution in [2.75, 3.05) is 0 Å². The maximum Gasteiger partial charge on any atom is 0.357 e. The number of esters is 1. The Bertz CT molecular complexity index is 851. The average Bonchev–Trinajstić information content (AvgIpc) is 2.61. The van der Waals surface area contributed by atoms with Gasteiger partial charge in [-0.2, -0.15) is 8.42 Å². The Morgan fingerprint density at radius 3 is 1.72 bits per heavy atom. The van der Waals surface area contributed by atoms with Gasteiger partial charge >= 0.3 is 21.3 Å². The molecule has 0 saturated heterocycles. The lowest BCUT2D eigenvalue weighted by molar-refractivity contribution is 0.0471. The van der Waals surface area contributed by atoms with Gasteiger partial charge in [0.25, 0.3) is 0 Å². The van der Waals surface area contributed by atoms with Crippen LogP contribution in [0.25, 0.3) is 0 Å². The first-order valence-electron chi connectivity index (χ1n) is 7.57. The molecule has 0 saturated carbocycles. The molecule has 2 aromatic rings. The van der Waals surface area contributed by atoms with E-state index in [1.54, 1.807) is 31.3 Å². The molecule has 2 unspecified atom stereocenters. The molecule has 160 valence electrons. The van der Waals surface area contributed by atoms with Crippen LogP contribution in [0.4, 0.5) is 0 Å². The molecule has 13 heteroatoms. The van der Waals surface area contributed by atoms with Gasteiger partial charge in [0.05, 0.1) is 11.1 Å². The first-order valence-corrected chi connectivity index (χ1v) is 10.7. The SMILES string of the molecule is CC(Cl)OC(=O)c1cccnc1.CC(Cl)OS(=O)(=O)Cl.O=C(O)c1cccnc1. The van der Waals surface area contributed by atoms with Crippen molar-refractivity contribution in [3.8, 4) is 0 Å². The molecular formula is C16H17Cl3N2O7S. The first kappa shape index (κ1) is 27.0. The van der Waals surface area contributed by atoms with Gasteiger partial charge in [0.2, 0.25) is 0 Å². The van der Waals surface area contributed by atoms with Crippen LogP contribution >= 0.6 is 33.9 Å². The molecule has 0 aromatic carbocycles. The van der Waals surface area contributed by atoms with Crippen molar-refractivity contribution < 1.29 is 32.0 Å². The summed E-state index contributed by atoms with van der Waals surface area (Å²) in [5, 5.41) is 8.34. The van der Waals surface area contributed by atoms with Crippen molar-refractivity contribution >= 4 is 55.2 Å². The molecule has 29 heavy (non-hydrogen) atoms. The Hall–Kier alpha value is -1.98. The molecule has 1 N–H and O–H groups in total. The lowest BCUT2D eigenvalue weighted by Crippen LogP contribution is -2.09. The molecule has 0 spiro atoms. The Kier molecular flexibility index (Phi) is 13.1. The second kappa shape index (κ2) is 14.1. The minimum atomic E-state index is -3.88. The second-order valence-electron chi connectivity index (χ2n) is 4.77. The van der Waals surface area contributed by atoms with Crippen molar-refractivity contribution in [3.63, 3.8) is 0 Å². The van der Waals surface area contributed by atoms with E-state index in [0.29, 0.717) is 5.56 Å². The van der Waals surface area contributed by atoms with E-state index in [9.17, 15) is 18.0 Å². The largest absolute Gasteiger partial charge is 0.478 e. The van der Waals surface area contributed by atoms with Crippen LogP contribution < -0.4 is 0 Å². The lowest BCUT2D eigenvalue weighted by atomic mass is 10.3. The van der Waals surface area contributed by atoms with Gasteiger partial charge in [-0.25, -0.2) is 13.8 Å². The van der Waals surface area contributed by atoms with Crippen molar-refractivity contribution in [3.05, 3.63) is 60.2 Å². The number of hydrogen-bond donors (Lipinski definition) is 1. The summed E-state index contributed by atoms with van der Waals surface area (Å²) < 4.78 is 28.5. The van der Waals surface area contributed by atoms with Crippen LogP contribution in [-0.4, -0.2) is 46.6 Å². The van der Waals surface area contributed by atoms with Crippen molar-refractivity contribution in [1.29, 1.82) is 0 Å².